The van der Waals surface area contributed by atoms with E-state index in [1.54, 1.807) is 0 Å². The van der Waals surface area contributed by atoms with Crippen molar-refractivity contribution >= 4 is 11.7 Å². The molecule has 1 amide bonds. The first kappa shape index (κ1) is 23.1. The molecule has 3 aliphatic heterocycles. The van der Waals surface area contributed by atoms with E-state index >= 15 is 0 Å². The minimum atomic E-state index is 0.0619. The summed E-state index contributed by atoms with van der Waals surface area (Å²) in [6, 6.07) is 7.36. The number of aryl methyl sites for hydroxylation is 2. The maximum atomic E-state index is 13.5. The maximum Gasteiger partial charge on any atom is 0.318 e. The molecule has 1 aromatic heterocycles. The molecule has 2 fully saturated rings. The third kappa shape index (κ3) is 4.50. The summed E-state index contributed by atoms with van der Waals surface area (Å²) < 4.78 is 6.17. The lowest BCUT2D eigenvalue weighted by Crippen LogP contribution is -2.39. The molecule has 0 N–H and O–H groups in total. The van der Waals surface area contributed by atoms with Crippen LogP contribution in [0.15, 0.2) is 18.2 Å². The van der Waals surface area contributed by atoms with Gasteiger partial charge in [0.1, 0.15) is 12.4 Å². The van der Waals surface area contributed by atoms with Gasteiger partial charge in [0.15, 0.2) is 0 Å². The molecule has 0 aliphatic carbocycles. The Morgan fingerprint density at radius 3 is 2.71 bits per heavy atom. The molecule has 0 saturated carbocycles. The number of fused-ring (bicyclic) bond motifs is 1. The van der Waals surface area contributed by atoms with Gasteiger partial charge in [-0.2, -0.15) is 9.97 Å². The molecule has 7 heteroatoms. The zero-order valence-corrected chi connectivity index (χ0v) is 21.0. The van der Waals surface area contributed by atoms with Gasteiger partial charge in [0.2, 0.25) is 0 Å². The number of ether oxygens (including phenoxy) is 1. The molecule has 1 aromatic carbocycles. The predicted octanol–water partition coefficient (Wildman–Crippen LogP) is 4.10. The Hall–Kier alpha value is -2.67. The van der Waals surface area contributed by atoms with Gasteiger partial charge >= 0.3 is 6.01 Å². The lowest BCUT2D eigenvalue weighted by molar-refractivity contribution is 0.0749. The fourth-order valence-electron chi connectivity index (χ4n) is 5.57. The van der Waals surface area contributed by atoms with Crippen LogP contribution in [-0.4, -0.2) is 64.5 Å². The molecule has 2 saturated heterocycles. The molecule has 0 unspecified atom stereocenters. The molecule has 182 valence electrons. The number of rotatable bonds is 5. The molecular weight excluding hydrogens is 426 g/mol. The van der Waals surface area contributed by atoms with Crippen LogP contribution in [-0.2, 0) is 13.1 Å². The van der Waals surface area contributed by atoms with Gasteiger partial charge in [-0.05, 0) is 78.1 Å². The highest BCUT2D eigenvalue weighted by molar-refractivity contribution is 5.96. The van der Waals surface area contributed by atoms with Crippen LogP contribution in [0.25, 0.3) is 0 Å². The molecule has 4 heterocycles. The van der Waals surface area contributed by atoms with Crippen LogP contribution in [0.2, 0.25) is 0 Å². The molecule has 3 aliphatic rings. The van der Waals surface area contributed by atoms with Gasteiger partial charge in [-0.1, -0.05) is 17.7 Å². The Kier molecular flexibility index (Phi) is 6.47. The number of nitrogens with zero attached hydrogens (tertiary/aromatic N) is 5. The minimum absolute atomic E-state index is 0.0619. The van der Waals surface area contributed by atoms with E-state index in [4.69, 9.17) is 14.7 Å². The van der Waals surface area contributed by atoms with Crippen molar-refractivity contribution in [3.05, 3.63) is 46.1 Å². The second-order valence-corrected chi connectivity index (χ2v) is 10.4. The number of anilines is 1. The van der Waals surface area contributed by atoms with Crippen LogP contribution in [0, 0.1) is 13.8 Å². The number of carbonyl (C=O) groups is 1. The van der Waals surface area contributed by atoms with Crippen molar-refractivity contribution in [2.75, 3.05) is 31.6 Å². The Labute approximate surface area is 203 Å². The molecule has 0 spiro atoms. The summed E-state index contributed by atoms with van der Waals surface area (Å²) in [5.41, 5.74) is 4.89. The van der Waals surface area contributed by atoms with Crippen LogP contribution < -0.4 is 9.64 Å². The summed E-state index contributed by atoms with van der Waals surface area (Å²) in [7, 11) is 2.15. The summed E-state index contributed by atoms with van der Waals surface area (Å²) in [6.45, 7) is 10.1. The van der Waals surface area contributed by atoms with Crippen molar-refractivity contribution in [2.24, 2.45) is 0 Å². The van der Waals surface area contributed by atoms with Crippen LogP contribution in [0.1, 0.15) is 71.8 Å². The standard InChI is InChI=1S/C27H37N5O2/c1-18-10-11-19(2)22(14-18)26(33)31-15-23-24(16-31)28-27(34-17-21-9-7-12-30(21)4)29-25(23)32-13-6-5-8-20(32)3/h10-11,14,20-21H,5-9,12-13,15-17H2,1-4H3/t20-,21-/m0/s1. The van der Waals surface area contributed by atoms with E-state index in [1.165, 1.54) is 12.8 Å². The number of amides is 1. The zero-order chi connectivity index (χ0) is 23.8. The quantitative estimate of drug-likeness (QED) is 0.665. The second kappa shape index (κ2) is 9.53. The zero-order valence-electron chi connectivity index (χ0n) is 21.0. The second-order valence-electron chi connectivity index (χ2n) is 10.4. The number of carbonyl (C=O) groups excluding carboxylic acids is 1. The molecule has 5 rings (SSSR count). The van der Waals surface area contributed by atoms with Gasteiger partial charge in [-0.3, -0.25) is 4.79 Å². The fraction of sp³-hybridized carbons (Fsp3) is 0.593. The normalized spacial score (nSPS) is 22.8. The number of hydrogen-bond acceptors (Lipinski definition) is 6. The third-order valence-corrected chi connectivity index (χ3v) is 7.80. The average molecular weight is 464 g/mol. The fourth-order valence-corrected chi connectivity index (χ4v) is 5.57. The third-order valence-electron chi connectivity index (χ3n) is 7.80. The van der Waals surface area contributed by atoms with E-state index < -0.39 is 0 Å². The molecule has 7 nitrogen and oxygen atoms in total. The highest BCUT2D eigenvalue weighted by Crippen LogP contribution is 2.35. The summed E-state index contributed by atoms with van der Waals surface area (Å²) in [5, 5.41) is 0. The van der Waals surface area contributed by atoms with Crippen molar-refractivity contribution in [3.63, 3.8) is 0 Å². The Bertz CT molecular complexity index is 1070. The van der Waals surface area contributed by atoms with E-state index in [0.29, 0.717) is 37.8 Å². The first-order chi connectivity index (χ1) is 16.4. The number of benzene rings is 1. The first-order valence-electron chi connectivity index (χ1n) is 12.8. The predicted molar refractivity (Wildman–Crippen MR) is 133 cm³/mol. The van der Waals surface area contributed by atoms with Crippen molar-refractivity contribution in [3.8, 4) is 6.01 Å². The Morgan fingerprint density at radius 1 is 1.09 bits per heavy atom. The Balaban J connectivity index is 1.43. The Morgan fingerprint density at radius 2 is 1.94 bits per heavy atom. The maximum absolute atomic E-state index is 13.5. The number of aromatic nitrogens is 2. The van der Waals surface area contributed by atoms with Gasteiger partial charge in [-0.15, -0.1) is 0 Å². The van der Waals surface area contributed by atoms with E-state index in [-0.39, 0.29) is 5.91 Å². The van der Waals surface area contributed by atoms with Crippen LogP contribution >= 0.6 is 0 Å². The minimum Gasteiger partial charge on any atom is -0.462 e. The van der Waals surface area contributed by atoms with E-state index in [2.05, 4.69) is 29.8 Å². The molecule has 0 bridgehead atoms. The average Bonchev–Trinajstić information content (AvgIpc) is 3.44. The molecular formula is C27H37N5O2. The molecule has 34 heavy (non-hydrogen) atoms. The van der Waals surface area contributed by atoms with E-state index in [0.717, 1.165) is 66.1 Å². The van der Waals surface area contributed by atoms with Gasteiger partial charge < -0.3 is 19.4 Å². The SMILES string of the molecule is Cc1ccc(C)c(C(=O)N2Cc3nc(OC[C@@H]4CCCN4C)nc(N4CCCC[C@@H]4C)c3C2)c1. The first-order valence-corrected chi connectivity index (χ1v) is 12.8. The van der Waals surface area contributed by atoms with Gasteiger partial charge in [0.25, 0.3) is 5.91 Å². The summed E-state index contributed by atoms with van der Waals surface area (Å²) in [5.74, 6) is 1.02. The van der Waals surface area contributed by atoms with Crippen molar-refractivity contribution in [1.29, 1.82) is 0 Å². The number of piperidine rings is 1. The molecule has 0 radical (unpaired) electrons. The number of likely N-dealkylation sites (tertiary alicyclic amines) is 1. The summed E-state index contributed by atoms with van der Waals surface area (Å²) >= 11 is 0. The van der Waals surface area contributed by atoms with Gasteiger partial charge in [-0.25, -0.2) is 0 Å². The monoisotopic (exact) mass is 463 g/mol. The highest BCUT2D eigenvalue weighted by atomic mass is 16.5. The molecule has 2 aromatic rings. The van der Waals surface area contributed by atoms with Crippen molar-refractivity contribution in [1.82, 2.24) is 19.8 Å². The smallest absolute Gasteiger partial charge is 0.318 e. The lowest BCUT2D eigenvalue weighted by Gasteiger charge is -2.35. The topological polar surface area (TPSA) is 61.8 Å². The van der Waals surface area contributed by atoms with Crippen molar-refractivity contribution < 1.29 is 9.53 Å². The number of likely N-dealkylation sites (N-methyl/N-ethyl adjacent to an activating group) is 1. The summed E-state index contributed by atoms with van der Waals surface area (Å²) in [4.78, 5) is 29.9. The summed E-state index contributed by atoms with van der Waals surface area (Å²) in [6.07, 6.45) is 5.93. The van der Waals surface area contributed by atoms with Crippen LogP contribution in [0.3, 0.4) is 0 Å². The molecule has 2 atom stereocenters. The number of hydrogen-bond donors (Lipinski definition) is 0. The van der Waals surface area contributed by atoms with Gasteiger partial charge in [0, 0.05) is 29.8 Å². The largest absolute Gasteiger partial charge is 0.462 e. The van der Waals surface area contributed by atoms with Crippen LogP contribution in [0.5, 0.6) is 6.01 Å². The van der Waals surface area contributed by atoms with Crippen molar-refractivity contribution in [2.45, 2.75) is 78.0 Å². The highest BCUT2D eigenvalue weighted by Gasteiger charge is 2.33. The van der Waals surface area contributed by atoms with E-state index in [1.807, 2.05) is 30.9 Å². The van der Waals surface area contributed by atoms with E-state index in [9.17, 15) is 4.79 Å². The lowest BCUT2D eigenvalue weighted by atomic mass is 10.0. The van der Waals surface area contributed by atoms with Gasteiger partial charge in [0.05, 0.1) is 18.8 Å². The van der Waals surface area contributed by atoms with Crippen LogP contribution in [0.4, 0.5) is 5.82 Å².